The highest BCUT2D eigenvalue weighted by Crippen LogP contribution is 2.34. The molecule has 0 bridgehead atoms. The maximum Gasteiger partial charge on any atom is 0.416 e. The van der Waals surface area contributed by atoms with E-state index in [-0.39, 0.29) is 27.1 Å². The van der Waals surface area contributed by atoms with Crippen LogP contribution in [0.5, 0.6) is 11.5 Å². The van der Waals surface area contributed by atoms with Crippen LogP contribution in [0.4, 0.5) is 13.2 Å². The van der Waals surface area contributed by atoms with E-state index in [2.05, 4.69) is 0 Å². The highest BCUT2D eigenvalue weighted by atomic mass is 35.5. The number of hydrogen-bond donors (Lipinski definition) is 1. The van der Waals surface area contributed by atoms with Gasteiger partial charge in [-0.3, -0.25) is 0 Å². The van der Waals surface area contributed by atoms with Crippen molar-refractivity contribution < 1.29 is 17.9 Å². The summed E-state index contributed by atoms with van der Waals surface area (Å²) in [4.78, 5) is 0.00239. The van der Waals surface area contributed by atoms with Crippen molar-refractivity contribution in [1.29, 1.82) is 0 Å². The zero-order valence-corrected chi connectivity index (χ0v) is 12.0. The molecule has 7 heteroatoms. The van der Waals surface area contributed by atoms with Gasteiger partial charge in [0.1, 0.15) is 16.5 Å². The molecule has 0 heterocycles. The first-order valence-corrected chi connectivity index (χ1v) is 6.51. The standard InChI is InChI=1S/C14H9ClF3NOS/c15-10-5-2-6-11(12(10)13(19)21)20-9-4-1-3-8(7-9)14(16,17)18/h1-7H,(H2,19,21). The van der Waals surface area contributed by atoms with Crippen molar-refractivity contribution in [2.45, 2.75) is 6.18 Å². The molecule has 0 amide bonds. The first-order chi connectivity index (χ1) is 9.79. The molecule has 0 saturated heterocycles. The molecule has 0 radical (unpaired) electrons. The number of rotatable bonds is 3. The fraction of sp³-hybridized carbons (Fsp3) is 0.0714. The Kier molecular flexibility index (Phi) is 4.39. The van der Waals surface area contributed by atoms with E-state index in [1.165, 1.54) is 18.2 Å². The highest BCUT2D eigenvalue weighted by Gasteiger charge is 2.30. The molecule has 2 aromatic rings. The highest BCUT2D eigenvalue weighted by molar-refractivity contribution is 7.80. The number of alkyl halides is 3. The van der Waals surface area contributed by atoms with Crippen molar-refractivity contribution in [2.24, 2.45) is 5.73 Å². The number of hydrogen-bond acceptors (Lipinski definition) is 2. The molecule has 21 heavy (non-hydrogen) atoms. The first-order valence-electron chi connectivity index (χ1n) is 5.72. The van der Waals surface area contributed by atoms with Gasteiger partial charge in [-0.2, -0.15) is 13.2 Å². The Balaban J connectivity index is 2.40. The summed E-state index contributed by atoms with van der Waals surface area (Å²) < 4.78 is 43.4. The van der Waals surface area contributed by atoms with E-state index in [0.29, 0.717) is 0 Å². The lowest BCUT2D eigenvalue weighted by Gasteiger charge is -2.13. The Morgan fingerprint density at radius 3 is 2.43 bits per heavy atom. The molecule has 0 fully saturated rings. The molecule has 110 valence electrons. The number of thiocarbonyl (C=S) groups is 1. The van der Waals surface area contributed by atoms with E-state index in [1.54, 1.807) is 12.1 Å². The van der Waals surface area contributed by atoms with E-state index in [4.69, 9.17) is 34.3 Å². The third kappa shape index (κ3) is 3.65. The third-order valence-corrected chi connectivity index (χ3v) is 3.13. The van der Waals surface area contributed by atoms with E-state index < -0.39 is 11.7 Å². The molecule has 0 unspecified atom stereocenters. The van der Waals surface area contributed by atoms with Crippen LogP contribution in [0.1, 0.15) is 11.1 Å². The van der Waals surface area contributed by atoms with Gasteiger partial charge in [0.15, 0.2) is 0 Å². The largest absolute Gasteiger partial charge is 0.457 e. The van der Waals surface area contributed by atoms with Crippen LogP contribution in [0.2, 0.25) is 5.02 Å². The predicted octanol–water partition coefficient (Wildman–Crippen LogP) is 4.79. The van der Waals surface area contributed by atoms with Crippen LogP contribution in [0, 0.1) is 0 Å². The lowest BCUT2D eigenvalue weighted by Crippen LogP contribution is -2.11. The molecular weight excluding hydrogens is 323 g/mol. The molecule has 2 N–H and O–H groups in total. The van der Waals surface area contributed by atoms with Gasteiger partial charge in [0, 0.05) is 0 Å². The van der Waals surface area contributed by atoms with Crippen LogP contribution in [0.3, 0.4) is 0 Å². The molecule has 0 atom stereocenters. The molecule has 2 rings (SSSR count). The Labute approximate surface area is 129 Å². The van der Waals surface area contributed by atoms with Gasteiger partial charge in [0.25, 0.3) is 0 Å². The van der Waals surface area contributed by atoms with Crippen LogP contribution in [0.15, 0.2) is 42.5 Å². The number of benzene rings is 2. The van der Waals surface area contributed by atoms with Gasteiger partial charge in [0.2, 0.25) is 0 Å². The van der Waals surface area contributed by atoms with Crippen molar-refractivity contribution in [2.75, 3.05) is 0 Å². The van der Waals surface area contributed by atoms with Gasteiger partial charge in [0.05, 0.1) is 16.1 Å². The zero-order valence-electron chi connectivity index (χ0n) is 10.4. The van der Waals surface area contributed by atoms with Crippen molar-refractivity contribution in [3.05, 3.63) is 58.6 Å². The van der Waals surface area contributed by atoms with Crippen molar-refractivity contribution in [3.63, 3.8) is 0 Å². The number of nitrogens with two attached hydrogens (primary N) is 1. The summed E-state index contributed by atoms with van der Waals surface area (Å²) in [6, 6.07) is 9.19. The minimum absolute atomic E-state index is 0.00239. The van der Waals surface area contributed by atoms with Crippen LogP contribution in [-0.4, -0.2) is 4.99 Å². The molecule has 0 aliphatic carbocycles. The van der Waals surface area contributed by atoms with Gasteiger partial charge >= 0.3 is 6.18 Å². The van der Waals surface area contributed by atoms with E-state index in [9.17, 15) is 13.2 Å². The Hall–Kier alpha value is -1.79. The summed E-state index contributed by atoms with van der Waals surface area (Å²) in [6.07, 6.45) is -4.44. The molecular formula is C14H9ClF3NOS. The summed E-state index contributed by atoms with van der Waals surface area (Å²) >= 11 is 10.8. The van der Waals surface area contributed by atoms with Crippen molar-refractivity contribution in [3.8, 4) is 11.5 Å². The lowest BCUT2D eigenvalue weighted by atomic mass is 10.2. The second kappa shape index (κ2) is 5.91. The number of ether oxygens (including phenoxy) is 1. The van der Waals surface area contributed by atoms with Crippen LogP contribution < -0.4 is 10.5 Å². The topological polar surface area (TPSA) is 35.2 Å². The third-order valence-electron chi connectivity index (χ3n) is 2.61. The molecule has 0 spiro atoms. The number of halogens is 4. The second-order valence-corrected chi connectivity index (χ2v) is 4.95. The molecule has 0 aliphatic heterocycles. The second-order valence-electron chi connectivity index (χ2n) is 4.10. The van der Waals surface area contributed by atoms with Crippen LogP contribution in [-0.2, 0) is 6.18 Å². The molecule has 2 aromatic carbocycles. The molecule has 0 aliphatic rings. The summed E-state index contributed by atoms with van der Waals surface area (Å²) in [6.45, 7) is 0. The maximum absolute atomic E-state index is 12.7. The van der Waals surface area contributed by atoms with E-state index in [0.717, 1.165) is 12.1 Å². The smallest absolute Gasteiger partial charge is 0.416 e. The van der Waals surface area contributed by atoms with Gasteiger partial charge < -0.3 is 10.5 Å². The summed E-state index contributed by atoms with van der Waals surface area (Å²) in [5, 5.41) is 0.270. The first kappa shape index (κ1) is 15.6. The predicted molar refractivity (Wildman–Crippen MR) is 78.9 cm³/mol. The molecule has 0 saturated carbocycles. The zero-order chi connectivity index (χ0) is 15.6. The minimum atomic E-state index is -4.44. The van der Waals surface area contributed by atoms with Crippen molar-refractivity contribution in [1.82, 2.24) is 0 Å². The maximum atomic E-state index is 12.7. The monoisotopic (exact) mass is 331 g/mol. The molecule has 2 nitrogen and oxygen atoms in total. The normalized spacial score (nSPS) is 11.2. The van der Waals surface area contributed by atoms with Gasteiger partial charge in [-0.15, -0.1) is 0 Å². The van der Waals surface area contributed by atoms with E-state index in [1.807, 2.05) is 0 Å². The fourth-order valence-corrected chi connectivity index (χ4v) is 2.23. The summed E-state index contributed by atoms with van der Waals surface area (Å²) in [5.41, 5.74) is 5.03. The fourth-order valence-electron chi connectivity index (χ4n) is 1.69. The Bertz CT molecular complexity index is 688. The van der Waals surface area contributed by atoms with E-state index >= 15 is 0 Å². The average molecular weight is 332 g/mol. The van der Waals surface area contributed by atoms with Crippen LogP contribution >= 0.6 is 23.8 Å². The minimum Gasteiger partial charge on any atom is -0.457 e. The Morgan fingerprint density at radius 1 is 1.14 bits per heavy atom. The summed E-state index contributed by atoms with van der Waals surface area (Å²) in [5.74, 6) is 0.221. The SMILES string of the molecule is NC(=S)c1c(Cl)cccc1Oc1cccc(C(F)(F)F)c1. The summed E-state index contributed by atoms with van der Waals surface area (Å²) in [7, 11) is 0. The van der Waals surface area contributed by atoms with Crippen molar-refractivity contribution >= 4 is 28.8 Å². The quantitative estimate of drug-likeness (QED) is 0.822. The van der Waals surface area contributed by atoms with Crippen LogP contribution in [0.25, 0.3) is 0 Å². The van der Waals surface area contributed by atoms with Gasteiger partial charge in [-0.25, -0.2) is 0 Å². The lowest BCUT2D eigenvalue weighted by molar-refractivity contribution is -0.137. The molecule has 0 aromatic heterocycles. The average Bonchev–Trinajstić information content (AvgIpc) is 2.37. The van der Waals surface area contributed by atoms with Gasteiger partial charge in [-0.05, 0) is 30.3 Å². The Morgan fingerprint density at radius 2 is 1.81 bits per heavy atom. The van der Waals surface area contributed by atoms with Gasteiger partial charge in [-0.1, -0.05) is 36.0 Å².